The molecule has 0 saturated carbocycles. The first-order chi connectivity index (χ1) is 13.0. The average molecular weight is 359 g/mol. The third-order valence-electron chi connectivity index (χ3n) is 4.73. The van der Waals surface area contributed by atoms with Crippen molar-refractivity contribution in [2.24, 2.45) is 7.05 Å². The van der Waals surface area contributed by atoms with E-state index >= 15 is 0 Å². The summed E-state index contributed by atoms with van der Waals surface area (Å²) in [6.45, 7) is 0. The van der Waals surface area contributed by atoms with Crippen LogP contribution < -0.4 is 5.43 Å². The first kappa shape index (κ1) is 15.4. The van der Waals surface area contributed by atoms with Crippen molar-refractivity contribution in [3.63, 3.8) is 0 Å². The fourth-order valence-electron chi connectivity index (χ4n) is 3.43. The van der Waals surface area contributed by atoms with Gasteiger partial charge in [-0.05, 0) is 29.8 Å². The zero-order valence-corrected chi connectivity index (χ0v) is 14.2. The van der Waals surface area contributed by atoms with Gasteiger partial charge in [-0.1, -0.05) is 12.1 Å². The number of carbonyl (C=O) groups is 1. The lowest BCUT2D eigenvalue weighted by atomic mass is 10.0. The second-order valence-electron chi connectivity index (χ2n) is 6.38. The van der Waals surface area contributed by atoms with E-state index in [4.69, 9.17) is 14.5 Å². The Labute approximate surface area is 151 Å². The molecule has 0 atom stereocenters. The summed E-state index contributed by atoms with van der Waals surface area (Å²) in [5.74, 6) is -0.980. The lowest BCUT2D eigenvalue weighted by molar-refractivity contribution is 0.0697. The number of rotatable bonds is 2. The summed E-state index contributed by atoms with van der Waals surface area (Å²) in [7, 11) is 1.86. The third kappa shape index (κ3) is 2.18. The van der Waals surface area contributed by atoms with Crippen molar-refractivity contribution in [1.29, 1.82) is 0 Å². The number of pyridine rings is 1. The first-order valence-corrected chi connectivity index (χ1v) is 8.27. The Hall–Kier alpha value is -3.87. The number of hydrogen-bond acceptors (Lipinski definition) is 4. The van der Waals surface area contributed by atoms with Crippen LogP contribution in [0.1, 0.15) is 10.4 Å². The number of aryl methyl sites for hydroxylation is 1. The topological polar surface area (TPSA) is 101 Å². The molecule has 0 spiro atoms. The van der Waals surface area contributed by atoms with Gasteiger partial charge in [-0.2, -0.15) is 0 Å². The van der Waals surface area contributed by atoms with Gasteiger partial charge in [0.25, 0.3) is 0 Å². The van der Waals surface area contributed by atoms with E-state index in [2.05, 4.69) is 5.10 Å². The molecule has 7 nitrogen and oxygen atoms in total. The van der Waals surface area contributed by atoms with Crippen LogP contribution in [0.3, 0.4) is 0 Å². The van der Waals surface area contributed by atoms with Gasteiger partial charge in [0.2, 0.25) is 0 Å². The van der Waals surface area contributed by atoms with E-state index in [1.165, 1.54) is 12.1 Å². The summed E-state index contributed by atoms with van der Waals surface area (Å²) < 4.78 is 7.81. The molecule has 3 aromatic heterocycles. The van der Waals surface area contributed by atoms with E-state index in [1.807, 2.05) is 13.2 Å². The van der Waals surface area contributed by atoms with E-state index in [-0.39, 0.29) is 11.0 Å². The Kier molecular flexibility index (Phi) is 3.03. The van der Waals surface area contributed by atoms with Gasteiger partial charge in [-0.3, -0.25) is 9.48 Å². The molecule has 0 unspecified atom stereocenters. The minimum absolute atomic E-state index is 0.133. The van der Waals surface area contributed by atoms with Gasteiger partial charge >= 0.3 is 5.97 Å². The summed E-state index contributed by atoms with van der Waals surface area (Å²) in [5, 5.41) is 13.9. The molecule has 5 aromatic rings. The Balaban J connectivity index is 1.93. The number of nitrogens with zero attached hydrogens (tertiary/aromatic N) is 2. The highest BCUT2D eigenvalue weighted by molar-refractivity contribution is 6.14. The van der Waals surface area contributed by atoms with Crippen molar-refractivity contribution in [2.45, 2.75) is 0 Å². The number of nitrogens with one attached hydrogen (secondary N) is 1. The number of carboxylic acid groups (broad SMARTS) is 1. The molecule has 3 heterocycles. The van der Waals surface area contributed by atoms with Crippen molar-refractivity contribution >= 4 is 39.1 Å². The third-order valence-corrected chi connectivity index (χ3v) is 4.73. The van der Waals surface area contributed by atoms with Crippen LogP contribution in [-0.2, 0) is 7.05 Å². The van der Waals surface area contributed by atoms with Crippen molar-refractivity contribution in [1.82, 2.24) is 14.8 Å². The number of H-pyrrole nitrogens is 1. The second-order valence-corrected chi connectivity index (χ2v) is 6.38. The number of hydrogen-bond donors (Lipinski definition) is 2. The molecule has 7 heteroatoms. The fraction of sp³-hybridized carbons (Fsp3) is 0.0500. The minimum Gasteiger partial charge on any atom is -0.478 e. The number of furan rings is 1. The lowest BCUT2D eigenvalue weighted by Gasteiger charge is -2.06. The van der Waals surface area contributed by atoms with Gasteiger partial charge in [-0.15, -0.1) is 0 Å². The van der Waals surface area contributed by atoms with Crippen LogP contribution in [0.25, 0.3) is 44.2 Å². The van der Waals surface area contributed by atoms with E-state index in [0.717, 1.165) is 27.5 Å². The van der Waals surface area contributed by atoms with E-state index in [1.54, 1.807) is 35.0 Å². The van der Waals surface area contributed by atoms with Crippen LogP contribution in [0.5, 0.6) is 0 Å². The quantitative estimate of drug-likeness (QED) is 0.502. The number of aromatic nitrogens is 3. The van der Waals surface area contributed by atoms with Crippen LogP contribution in [0.15, 0.2) is 57.9 Å². The number of aromatic carboxylic acids is 1. The van der Waals surface area contributed by atoms with Crippen LogP contribution in [-0.4, -0.2) is 25.8 Å². The Morgan fingerprint density at radius 2 is 1.93 bits per heavy atom. The maximum atomic E-state index is 11.7. The smallest absolute Gasteiger partial charge is 0.335 e. The van der Waals surface area contributed by atoms with Crippen molar-refractivity contribution in [3.05, 3.63) is 64.4 Å². The van der Waals surface area contributed by atoms with Crippen LogP contribution in [0.4, 0.5) is 0 Å². The molecule has 2 N–H and O–H groups in total. The van der Waals surface area contributed by atoms with Gasteiger partial charge in [0, 0.05) is 35.6 Å². The molecule has 2 aromatic carbocycles. The maximum absolute atomic E-state index is 11.7. The number of fused-ring (bicyclic) bond motifs is 4. The zero-order chi connectivity index (χ0) is 18.7. The highest BCUT2D eigenvalue weighted by atomic mass is 16.4. The predicted molar refractivity (Wildman–Crippen MR) is 101 cm³/mol. The number of benzene rings is 2. The molecule has 0 fully saturated rings. The summed E-state index contributed by atoms with van der Waals surface area (Å²) >= 11 is 0. The summed E-state index contributed by atoms with van der Waals surface area (Å²) in [6.07, 6.45) is 1.83. The number of carboxylic acids is 1. The second kappa shape index (κ2) is 5.31. The summed E-state index contributed by atoms with van der Waals surface area (Å²) in [5.41, 5.74) is 4.11. The minimum atomic E-state index is -0.980. The molecule has 0 bridgehead atoms. The molecular weight excluding hydrogens is 346 g/mol. The molecule has 0 amide bonds. The largest absolute Gasteiger partial charge is 0.478 e. The highest BCUT2D eigenvalue weighted by Gasteiger charge is 2.19. The molecule has 5 rings (SSSR count). The Morgan fingerprint density at radius 1 is 1.15 bits per heavy atom. The molecule has 27 heavy (non-hydrogen) atoms. The molecule has 0 saturated heterocycles. The molecular formula is C20H13N3O4. The molecule has 0 aliphatic rings. The molecule has 0 aliphatic carbocycles. The van der Waals surface area contributed by atoms with Crippen LogP contribution >= 0.6 is 0 Å². The van der Waals surface area contributed by atoms with E-state index < -0.39 is 5.97 Å². The highest BCUT2D eigenvalue weighted by Crippen LogP contribution is 2.38. The van der Waals surface area contributed by atoms with Gasteiger partial charge in [-0.25, -0.2) is 9.78 Å². The Bertz CT molecular complexity index is 1420. The maximum Gasteiger partial charge on any atom is 0.335 e. The van der Waals surface area contributed by atoms with E-state index in [0.29, 0.717) is 16.7 Å². The summed E-state index contributed by atoms with van der Waals surface area (Å²) in [4.78, 5) is 27.6. The summed E-state index contributed by atoms with van der Waals surface area (Å²) in [6, 6.07) is 11.3. The van der Waals surface area contributed by atoms with Gasteiger partial charge in [0.15, 0.2) is 16.7 Å². The zero-order valence-electron chi connectivity index (χ0n) is 14.2. The van der Waals surface area contributed by atoms with Gasteiger partial charge in [0.1, 0.15) is 11.1 Å². The normalized spacial score (nSPS) is 11.6. The number of aromatic amines is 1. The van der Waals surface area contributed by atoms with Crippen molar-refractivity contribution < 1.29 is 14.3 Å². The monoisotopic (exact) mass is 359 g/mol. The van der Waals surface area contributed by atoms with Gasteiger partial charge < -0.3 is 14.6 Å². The molecule has 132 valence electrons. The predicted octanol–water partition coefficient (Wildman–Crippen LogP) is 3.53. The van der Waals surface area contributed by atoms with Gasteiger partial charge in [0.05, 0.1) is 5.56 Å². The van der Waals surface area contributed by atoms with Crippen LogP contribution in [0.2, 0.25) is 0 Å². The average Bonchev–Trinajstić information content (AvgIpc) is 3.20. The SMILES string of the molecule is Cn1[nH]cc2c(-c3ccc(C(=O)O)cc3)c3oc4cc(=O)ccc4c3nc21. The standard InChI is InChI=1S/C20H13N3O4/c1-23-19-14(9-21-23)16(10-2-4-11(5-3-10)20(25)26)18-17(22-19)13-7-6-12(24)8-15(13)27-18/h2-9,21H,1H3,(H,25,26). The molecule has 0 radical (unpaired) electrons. The Morgan fingerprint density at radius 3 is 2.67 bits per heavy atom. The molecule has 0 aliphatic heterocycles. The van der Waals surface area contributed by atoms with E-state index in [9.17, 15) is 9.59 Å². The van der Waals surface area contributed by atoms with Crippen LogP contribution in [0, 0.1) is 0 Å². The fourth-order valence-corrected chi connectivity index (χ4v) is 3.43. The first-order valence-electron chi connectivity index (χ1n) is 8.27. The van der Waals surface area contributed by atoms with Crippen molar-refractivity contribution in [3.8, 4) is 11.1 Å². The van der Waals surface area contributed by atoms with Crippen molar-refractivity contribution in [2.75, 3.05) is 0 Å². The lowest BCUT2D eigenvalue weighted by Crippen LogP contribution is -1.96.